The van der Waals surface area contributed by atoms with Gasteiger partial charge in [0.2, 0.25) is 0 Å². The standard InChI is InChI=1S/C15H13F3O2.C7H9N3O3/c1-19-10-11-2-4-12(5-3-11)13-6-8-14(9-7-13)20-15(16,17)18;1-5-2-3-9-4-6(10(11)12)8-7(9)13-5/h2-9H,10H2,1H3;4-5H,2-3H2,1H3. The van der Waals surface area contributed by atoms with Crippen molar-refractivity contribution in [1.29, 1.82) is 0 Å². The minimum absolute atomic E-state index is 0.0921. The first-order valence-corrected chi connectivity index (χ1v) is 9.97. The molecule has 0 bridgehead atoms. The highest BCUT2D eigenvalue weighted by Crippen LogP contribution is 2.27. The van der Waals surface area contributed by atoms with Crippen molar-refractivity contribution in [3.05, 3.63) is 70.4 Å². The number of fused-ring (bicyclic) bond motifs is 1. The number of aryl methyl sites for hydroxylation is 1. The van der Waals surface area contributed by atoms with Crippen LogP contribution in [0.3, 0.4) is 0 Å². The molecule has 2 heterocycles. The summed E-state index contributed by atoms with van der Waals surface area (Å²) in [4.78, 5) is 13.6. The number of hydrogen-bond donors (Lipinski definition) is 0. The number of aromatic nitrogens is 2. The molecule has 33 heavy (non-hydrogen) atoms. The zero-order valence-electron chi connectivity index (χ0n) is 17.9. The molecule has 0 N–H and O–H groups in total. The van der Waals surface area contributed by atoms with Crippen molar-refractivity contribution in [3.8, 4) is 22.9 Å². The topological polar surface area (TPSA) is 88.7 Å². The quantitative estimate of drug-likeness (QED) is 0.372. The van der Waals surface area contributed by atoms with E-state index < -0.39 is 11.3 Å². The fourth-order valence-corrected chi connectivity index (χ4v) is 3.10. The molecule has 1 aliphatic heterocycles. The molecule has 0 radical (unpaired) electrons. The predicted molar refractivity (Wildman–Crippen MR) is 113 cm³/mol. The van der Waals surface area contributed by atoms with Crippen LogP contribution in [0.2, 0.25) is 0 Å². The van der Waals surface area contributed by atoms with Gasteiger partial charge in [0.15, 0.2) is 0 Å². The molecule has 4 rings (SSSR count). The summed E-state index contributed by atoms with van der Waals surface area (Å²) in [5.74, 6) is -0.374. The molecule has 3 aromatic rings. The maximum absolute atomic E-state index is 12.0. The molecule has 0 spiro atoms. The van der Waals surface area contributed by atoms with Gasteiger partial charge in [0.05, 0.1) is 6.61 Å². The summed E-state index contributed by atoms with van der Waals surface area (Å²) in [6.07, 6.45) is -2.31. The molecule has 176 valence electrons. The molecular formula is C22H22F3N3O5. The predicted octanol–water partition coefficient (Wildman–Crippen LogP) is 5.36. The Hall–Kier alpha value is -3.60. The molecule has 1 atom stereocenters. The summed E-state index contributed by atoms with van der Waals surface area (Å²) in [6.45, 7) is 3.18. The highest BCUT2D eigenvalue weighted by atomic mass is 19.4. The van der Waals surface area contributed by atoms with Crippen LogP contribution in [-0.4, -0.2) is 34.1 Å². The molecule has 0 saturated carbocycles. The minimum Gasteiger partial charge on any atom is -0.443 e. The SMILES string of the molecule is CC1CCn2cc([N+](=O)[O-])nc2O1.COCc1ccc(-c2ccc(OC(F)(F)F)cc2)cc1. The van der Waals surface area contributed by atoms with Crippen LogP contribution < -0.4 is 9.47 Å². The third-order valence-electron chi connectivity index (χ3n) is 4.68. The van der Waals surface area contributed by atoms with Crippen LogP contribution in [-0.2, 0) is 17.9 Å². The van der Waals surface area contributed by atoms with Crippen molar-refractivity contribution >= 4 is 5.82 Å². The van der Waals surface area contributed by atoms with Crippen molar-refractivity contribution in [1.82, 2.24) is 9.55 Å². The molecule has 0 saturated heterocycles. The molecule has 0 aliphatic carbocycles. The van der Waals surface area contributed by atoms with Crippen molar-refractivity contribution in [2.75, 3.05) is 7.11 Å². The van der Waals surface area contributed by atoms with Crippen molar-refractivity contribution in [3.63, 3.8) is 0 Å². The maximum atomic E-state index is 12.0. The van der Waals surface area contributed by atoms with E-state index in [2.05, 4.69) is 9.72 Å². The first kappa shape index (κ1) is 24.1. The molecule has 0 amide bonds. The highest BCUT2D eigenvalue weighted by Gasteiger charge is 2.31. The number of rotatable bonds is 5. The van der Waals surface area contributed by atoms with Gasteiger partial charge >= 0.3 is 18.2 Å². The van der Waals surface area contributed by atoms with Gasteiger partial charge in [0.25, 0.3) is 0 Å². The Balaban J connectivity index is 0.000000203. The normalized spacial score (nSPS) is 15.0. The lowest BCUT2D eigenvalue weighted by atomic mass is 10.0. The number of hydrogen-bond acceptors (Lipinski definition) is 6. The first-order valence-electron chi connectivity index (χ1n) is 9.97. The molecule has 8 nitrogen and oxygen atoms in total. The van der Waals surface area contributed by atoms with E-state index in [1.54, 1.807) is 23.8 Å². The van der Waals surface area contributed by atoms with E-state index in [4.69, 9.17) is 9.47 Å². The Kier molecular flexibility index (Phi) is 7.54. The summed E-state index contributed by atoms with van der Waals surface area (Å²) in [5.41, 5.74) is 2.78. The molecule has 0 fully saturated rings. The van der Waals surface area contributed by atoms with Crippen molar-refractivity contribution < 1.29 is 32.3 Å². The van der Waals surface area contributed by atoms with Crippen LogP contribution in [0, 0.1) is 10.1 Å². The lowest BCUT2D eigenvalue weighted by Gasteiger charge is -2.17. The average molecular weight is 465 g/mol. The average Bonchev–Trinajstić information content (AvgIpc) is 3.18. The van der Waals surface area contributed by atoms with Crippen LogP contribution in [0.25, 0.3) is 11.1 Å². The van der Waals surface area contributed by atoms with Gasteiger partial charge in [0.1, 0.15) is 18.1 Å². The summed E-state index contributed by atoms with van der Waals surface area (Å²) < 4.78 is 52.0. The van der Waals surface area contributed by atoms with E-state index in [0.29, 0.717) is 12.6 Å². The fraction of sp³-hybridized carbons (Fsp3) is 0.318. The maximum Gasteiger partial charge on any atom is 0.573 e. The van der Waals surface area contributed by atoms with Crippen LogP contribution >= 0.6 is 0 Å². The third kappa shape index (κ3) is 6.94. The Morgan fingerprint density at radius 2 is 1.76 bits per heavy atom. The molecule has 1 aliphatic rings. The Morgan fingerprint density at radius 1 is 1.15 bits per heavy atom. The van der Waals surface area contributed by atoms with Gasteiger partial charge in [0, 0.05) is 25.1 Å². The van der Waals surface area contributed by atoms with Crippen LogP contribution in [0.1, 0.15) is 18.9 Å². The number of nitrogens with zero attached hydrogens (tertiary/aromatic N) is 3. The second kappa shape index (κ2) is 10.3. The number of imidazole rings is 1. The third-order valence-corrected chi connectivity index (χ3v) is 4.68. The largest absolute Gasteiger partial charge is 0.573 e. The highest BCUT2D eigenvalue weighted by molar-refractivity contribution is 5.64. The molecule has 1 aromatic heterocycles. The Labute approximate surface area is 187 Å². The summed E-state index contributed by atoms with van der Waals surface area (Å²) >= 11 is 0. The summed E-state index contributed by atoms with van der Waals surface area (Å²) in [5, 5.41) is 10.4. The van der Waals surface area contributed by atoms with Gasteiger partial charge in [-0.05, 0) is 40.7 Å². The smallest absolute Gasteiger partial charge is 0.443 e. The summed E-state index contributed by atoms with van der Waals surface area (Å²) in [6, 6.07) is 13.8. The van der Waals surface area contributed by atoms with E-state index in [1.165, 1.54) is 18.3 Å². The van der Waals surface area contributed by atoms with Crippen molar-refractivity contribution in [2.45, 2.75) is 39.0 Å². The molecular weight excluding hydrogens is 443 g/mol. The van der Waals surface area contributed by atoms with E-state index in [-0.39, 0.29) is 17.7 Å². The van der Waals surface area contributed by atoms with Crippen LogP contribution in [0.4, 0.5) is 19.0 Å². The van der Waals surface area contributed by atoms with E-state index in [9.17, 15) is 23.3 Å². The minimum atomic E-state index is -4.66. The zero-order chi connectivity index (χ0) is 24.0. The number of benzene rings is 2. The molecule has 1 unspecified atom stereocenters. The zero-order valence-corrected chi connectivity index (χ0v) is 17.9. The van der Waals surface area contributed by atoms with E-state index >= 15 is 0 Å². The van der Waals surface area contributed by atoms with E-state index in [0.717, 1.165) is 29.7 Å². The van der Waals surface area contributed by atoms with E-state index in [1.807, 2.05) is 31.2 Å². The number of methoxy groups -OCH3 is 1. The number of nitro groups is 1. The monoisotopic (exact) mass is 465 g/mol. The second-order valence-electron chi connectivity index (χ2n) is 7.25. The van der Waals surface area contributed by atoms with Gasteiger partial charge in [-0.3, -0.25) is 4.57 Å². The second-order valence-corrected chi connectivity index (χ2v) is 7.25. The van der Waals surface area contributed by atoms with Gasteiger partial charge in [-0.1, -0.05) is 36.4 Å². The van der Waals surface area contributed by atoms with Crippen molar-refractivity contribution in [2.24, 2.45) is 0 Å². The number of halogens is 3. The number of ether oxygens (including phenoxy) is 3. The fourth-order valence-electron chi connectivity index (χ4n) is 3.10. The Morgan fingerprint density at radius 3 is 2.30 bits per heavy atom. The lowest BCUT2D eigenvalue weighted by molar-refractivity contribution is -0.389. The van der Waals surface area contributed by atoms with Gasteiger partial charge < -0.3 is 24.3 Å². The molecule has 2 aromatic carbocycles. The Bertz CT molecular complexity index is 1070. The van der Waals surface area contributed by atoms with Gasteiger partial charge in [-0.2, -0.15) is 0 Å². The van der Waals surface area contributed by atoms with Gasteiger partial charge in [-0.15, -0.1) is 13.2 Å². The van der Waals surface area contributed by atoms with Gasteiger partial charge in [-0.25, -0.2) is 0 Å². The summed E-state index contributed by atoms with van der Waals surface area (Å²) in [7, 11) is 1.62. The first-order chi connectivity index (χ1) is 15.6. The lowest BCUT2D eigenvalue weighted by Crippen LogP contribution is -2.22. The number of alkyl halides is 3. The van der Waals surface area contributed by atoms with Crippen LogP contribution in [0.5, 0.6) is 11.8 Å². The molecule has 11 heteroatoms. The van der Waals surface area contributed by atoms with Crippen LogP contribution in [0.15, 0.2) is 54.7 Å².